The smallest absolute Gasteiger partial charge is 0.422 e. The predicted molar refractivity (Wildman–Crippen MR) is 117 cm³/mol. The molecule has 2 aromatic rings. The second kappa shape index (κ2) is 12.1. The van der Waals surface area contributed by atoms with Crippen LogP contribution in [-0.4, -0.2) is 36.8 Å². The first-order chi connectivity index (χ1) is 12.9. The number of aliphatic imine (C=N–C) groups is 1. The molecule has 0 atom stereocenters. The van der Waals surface area contributed by atoms with E-state index in [1.54, 1.807) is 29.5 Å². The van der Waals surface area contributed by atoms with Crippen LogP contribution in [0.5, 0.6) is 5.75 Å². The number of benzene rings is 1. The number of rotatable bonds is 8. The summed E-state index contributed by atoms with van der Waals surface area (Å²) in [6, 6.07) is 6.52. The van der Waals surface area contributed by atoms with Crippen molar-refractivity contribution in [2.45, 2.75) is 33.0 Å². The van der Waals surface area contributed by atoms with Crippen LogP contribution in [0.1, 0.15) is 23.2 Å². The van der Waals surface area contributed by atoms with E-state index in [0.717, 1.165) is 22.7 Å². The van der Waals surface area contributed by atoms with E-state index < -0.39 is 12.8 Å². The lowest BCUT2D eigenvalue weighted by atomic mass is 10.2. The van der Waals surface area contributed by atoms with E-state index in [-0.39, 0.29) is 29.7 Å². The molecule has 0 saturated carbocycles. The molecule has 1 heterocycles. The zero-order valence-corrected chi connectivity index (χ0v) is 18.8. The summed E-state index contributed by atoms with van der Waals surface area (Å²) in [5, 5.41) is 9.45. The molecule has 2 N–H and O–H groups in total. The molecule has 1 aromatic heterocycles. The van der Waals surface area contributed by atoms with Gasteiger partial charge in [-0.25, -0.2) is 9.98 Å². The van der Waals surface area contributed by atoms with Crippen molar-refractivity contribution in [2.24, 2.45) is 4.99 Å². The second-order valence-electron chi connectivity index (χ2n) is 5.78. The molecule has 0 aliphatic heterocycles. The van der Waals surface area contributed by atoms with Crippen LogP contribution in [0.25, 0.3) is 0 Å². The van der Waals surface area contributed by atoms with Gasteiger partial charge in [0.1, 0.15) is 5.75 Å². The van der Waals surface area contributed by atoms with Gasteiger partial charge < -0.3 is 15.4 Å². The third-order valence-corrected chi connectivity index (χ3v) is 4.23. The van der Waals surface area contributed by atoms with Gasteiger partial charge in [0.25, 0.3) is 0 Å². The van der Waals surface area contributed by atoms with Gasteiger partial charge in [-0.15, -0.1) is 35.3 Å². The summed E-state index contributed by atoms with van der Waals surface area (Å²) in [6.45, 7) is 4.35. The zero-order valence-electron chi connectivity index (χ0n) is 15.7. The molecule has 156 valence electrons. The molecule has 1 aromatic carbocycles. The summed E-state index contributed by atoms with van der Waals surface area (Å²) in [6.07, 6.45) is -3.57. The number of nitrogens with one attached hydrogen (secondary N) is 2. The van der Waals surface area contributed by atoms with Crippen molar-refractivity contribution in [3.63, 3.8) is 0 Å². The van der Waals surface area contributed by atoms with E-state index in [4.69, 9.17) is 4.74 Å². The van der Waals surface area contributed by atoms with E-state index in [0.29, 0.717) is 25.6 Å². The molecule has 28 heavy (non-hydrogen) atoms. The number of hydrogen-bond donors (Lipinski definition) is 2. The summed E-state index contributed by atoms with van der Waals surface area (Å²) >= 11 is 1.62. The Morgan fingerprint density at radius 2 is 2.07 bits per heavy atom. The molecule has 0 aliphatic rings. The van der Waals surface area contributed by atoms with Crippen molar-refractivity contribution < 1.29 is 17.9 Å². The van der Waals surface area contributed by atoms with Crippen molar-refractivity contribution in [2.75, 3.05) is 19.7 Å². The topological polar surface area (TPSA) is 58.5 Å². The van der Waals surface area contributed by atoms with Crippen LogP contribution in [0.2, 0.25) is 0 Å². The maximum absolute atomic E-state index is 12.3. The molecule has 0 amide bonds. The molecule has 0 bridgehead atoms. The van der Waals surface area contributed by atoms with Gasteiger partial charge in [-0.3, -0.25) is 0 Å². The quantitative estimate of drug-likeness (QED) is 0.305. The fourth-order valence-electron chi connectivity index (χ4n) is 2.24. The third kappa shape index (κ3) is 9.58. The number of guanidine groups is 1. The molecule has 0 fully saturated rings. The minimum atomic E-state index is -4.36. The Labute approximate surface area is 183 Å². The predicted octanol–water partition coefficient (Wildman–Crippen LogP) is 4.31. The highest BCUT2D eigenvalue weighted by Crippen LogP contribution is 2.19. The van der Waals surface area contributed by atoms with Gasteiger partial charge in [0.15, 0.2) is 12.6 Å². The number of thiazole rings is 1. The first kappa shape index (κ1) is 24.5. The van der Waals surface area contributed by atoms with Gasteiger partial charge in [-0.1, -0.05) is 12.1 Å². The monoisotopic (exact) mass is 528 g/mol. The van der Waals surface area contributed by atoms with Crippen molar-refractivity contribution in [1.82, 2.24) is 15.6 Å². The maximum Gasteiger partial charge on any atom is 0.422 e. The highest BCUT2D eigenvalue weighted by molar-refractivity contribution is 14.0. The Bertz CT molecular complexity index is 752. The Morgan fingerprint density at radius 3 is 2.71 bits per heavy atom. The highest BCUT2D eigenvalue weighted by Gasteiger charge is 2.28. The van der Waals surface area contributed by atoms with E-state index in [1.807, 2.05) is 19.2 Å². The lowest BCUT2D eigenvalue weighted by molar-refractivity contribution is -0.153. The molecule has 2 rings (SSSR count). The molecule has 0 radical (unpaired) electrons. The van der Waals surface area contributed by atoms with Gasteiger partial charge in [-0.2, -0.15) is 13.2 Å². The molecule has 5 nitrogen and oxygen atoms in total. The van der Waals surface area contributed by atoms with Crippen molar-refractivity contribution in [1.29, 1.82) is 0 Å². The first-order valence-corrected chi connectivity index (χ1v) is 9.45. The molecule has 0 spiro atoms. The van der Waals surface area contributed by atoms with E-state index in [1.165, 1.54) is 6.07 Å². The number of hydrogen-bond acceptors (Lipinski definition) is 4. The van der Waals surface area contributed by atoms with Crippen molar-refractivity contribution in [3.05, 3.63) is 45.9 Å². The van der Waals surface area contributed by atoms with Crippen LogP contribution in [-0.2, 0) is 13.0 Å². The van der Waals surface area contributed by atoms with Gasteiger partial charge in [0, 0.05) is 24.9 Å². The highest BCUT2D eigenvalue weighted by atomic mass is 127. The minimum Gasteiger partial charge on any atom is -0.484 e. The minimum absolute atomic E-state index is 0. The summed E-state index contributed by atoms with van der Waals surface area (Å²) in [5.74, 6) is 0.822. The average molecular weight is 528 g/mol. The average Bonchev–Trinajstić information content (AvgIpc) is 3.03. The van der Waals surface area contributed by atoms with Crippen molar-refractivity contribution in [3.8, 4) is 5.75 Å². The van der Waals surface area contributed by atoms with Crippen LogP contribution in [0.15, 0.2) is 34.6 Å². The number of alkyl halides is 3. The normalized spacial score (nSPS) is 11.7. The Balaban J connectivity index is 0.00000392. The molecular weight excluding hydrogens is 504 g/mol. The molecule has 0 unspecified atom stereocenters. The molecule has 10 heteroatoms. The zero-order chi connectivity index (χ0) is 19.7. The molecular formula is C18H24F3IN4OS. The fourth-order valence-corrected chi connectivity index (χ4v) is 2.89. The van der Waals surface area contributed by atoms with Crippen LogP contribution in [0.4, 0.5) is 13.2 Å². The van der Waals surface area contributed by atoms with E-state index in [9.17, 15) is 13.2 Å². The van der Waals surface area contributed by atoms with Crippen LogP contribution in [0, 0.1) is 6.92 Å². The van der Waals surface area contributed by atoms with Gasteiger partial charge in [0.05, 0.1) is 17.2 Å². The number of aromatic nitrogens is 1. The van der Waals surface area contributed by atoms with Gasteiger partial charge in [0.2, 0.25) is 0 Å². The largest absolute Gasteiger partial charge is 0.484 e. The van der Waals surface area contributed by atoms with E-state index in [2.05, 4.69) is 20.6 Å². The molecule has 0 aliphatic carbocycles. The number of nitrogens with zero attached hydrogens (tertiary/aromatic N) is 2. The first-order valence-electron chi connectivity index (χ1n) is 8.57. The summed E-state index contributed by atoms with van der Waals surface area (Å²) < 4.78 is 41.5. The lowest BCUT2D eigenvalue weighted by Gasteiger charge is -2.12. The van der Waals surface area contributed by atoms with E-state index >= 15 is 0 Å². The van der Waals surface area contributed by atoms with Crippen LogP contribution >= 0.6 is 35.3 Å². The standard InChI is InChI=1S/C18H23F3N4OS.HI/c1-3-22-17(23-8-7-15-11-27-13(2)25-15)24-10-14-5-4-6-16(9-14)26-12-18(19,20)21;/h4-6,9,11H,3,7-8,10,12H2,1-2H3,(H2,22,23,24);1H. The Hall–Kier alpha value is -1.56. The number of halogens is 4. The van der Waals surface area contributed by atoms with Crippen LogP contribution < -0.4 is 15.4 Å². The number of aryl methyl sites for hydroxylation is 1. The van der Waals surface area contributed by atoms with Gasteiger partial charge in [-0.05, 0) is 31.5 Å². The van der Waals surface area contributed by atoms with Crippen LogP contribution in [0.3, 0.4) is 0 Å². The lowest BCUT2D eigenvalue weighted by Crippen LogP contribution is -2.38. The third-order valence-electron chi connectivity index (χ3n) is 3.41. The second-order valence-corrected chi connectivity index (χ2v) is 6.84. The Morgan fingerprint density at radius 1 is 1.29 bits per heavy atom. The van der Waals surface area contributed by atoms with Gasteiger partial charge >= 0.3 is 6.18 Å². The SMILES string of the molecule is CCNC(=NCc1cccc(OCC(F)(F)F)c1)NCCc1csc(C)n1.I. The van der Waals surface area contributed by atoms with Crippen molar-refractivity contribution >= 4 is 41.3 Å². The fraction of sp³-hybridized carbons (Fsp3) is 0.444. The number of ether oxygens (including phenoxy) is 1. The molecule has 0 saturated heterocycles. The maximum atomic E-state index is 12.3. The Kier molecular flexibility index (Phi) is 10.6. The summed E-state index contributed by atoms with van der Waals surface area (Å²) in [4.78, 5) is 8.88. The summed E-state index contributed by atoms with van der Waals surface area (Å²) in [7, 11) is 0. The summed E-state index contributed by atoms with van der Waals surface area (Å²) in [5.41, 5.74) is 1.80.